The van der Waals surface area contributed by atoms with Crippen LogP contribution in [0.5, 0.6) is 0 Å². The van der Waals surface area contributed by atoms with E-state index in [2.05, 4.69) is 25.1 Å². The predicted octanol–water partition coefficient (Wildman–Crippen LogP) is 3.58. The van der Waals surface area contributed by atoms with Gasteiger partial charge in [0.25, 0.3) is 0 Å². The van der Waals surface area contributed by atoms with Gasteiger partial charge in [-0.1, -0.05) is 44.4 Å². The maximum atomic E-state index is 6.14. The summed E-state index contributed by atoms with van der Waals surface area (Å²) in [4.78, 5) is 0. The Morgan fingerprint density at radius 3 is 2.56 bits per heavy atom. The van der Waals surface area contributed by atoms with Gasteiger partial charge < -0.3 is 5.73 Å². The molecule has 1 aromatic rings. The summed E-state index contributed by atoms with van der Waals surface area (Å²) in [5.74, 6) is 0.829. The van der Waals surface area contributed by atoms with Crippen LogP contribution in [0.15, 0.2) is 18.2 Å². The van der Waals surface area contributed by atoms with Crippen molar-refractivity contribution in [1.82, 2.24) is 0 Å². The van der Waals surface area contributed by atoms with Crippen molar-refractivity contribution in [2.24, 2.45) is 11.7 Å². The molecule has 0 radical (unpaired) electrons. The standard InChI is InChI=1S/C17H25N/c1-13-9-14-5-6-16(11-15(14)10-13)17(12-18)7-3-2-4-8-17/h5-6,11,13H,2-4,7-10,12,18H2,1H3. The Bertz CT molecular complexity index is 429. The SMILES string of the molecule is CC1Cc2ccc(C3(CN)CCCCC3)cc2C1. The van der Waals surface area contributed by atoms with Crippen LogP contribution in [0.1, 0.15) is 55.7 Å². The molecule has 1 saturated carbocycles. The van der Waals surface area contributed by atoms with E-state index in [9.17, 15) is 0 Å². The van der Waals surface area contributed by atoms with Crippen LogP contribution < -0.4 is 5.73 Å². The van der Waals surface area contributed by atoms with Crippen LogP contribution in [0.3, 0.4) is 0 Å². The lowest BCUT2D eigenvalue weighted by molar-refractivity contribution is 0.300. The second-order valence-corrected chi connectivity index (χ2v) is 6.54. The highest BCUT2D eigenvalue weighted by Gasteiger charge is 2.33. The molecule has 1 atom stereocenters. The largest absolute Gasteiger partial charge is 0.330 e. The fourth-order valence-corrected chi connectivity index (χ4v) is 4.01. The Hall–Kier alpha value is -0.820. The number of hydrogen-bond acceptors (Lipinski definition) is 1. The highest BCUT2D eigenvalue weighted by atomic mass is 14.6. The lowest BCUT2D eigenvalue weighted by Crippen LogP contribution is -2.37. The van der Waals surface area contributed by atoms with E-state index in [0.29, 0.717) is 5.41 Å². The second-order valence-electron chi connectivity index (χ2n) is 6.54. The van der Waals surface area contributed by atoms with Gasteiger partial charge >= 0.3 is 0 Å². The molecule has 2 aliphatic carbocycles. The van der Waals surface area contributed by atoms with Gasteiger partial charge in [-0.15, -0.1) is 0 Å². The molecule has 2 N–H and O–H groups in total. The van der Waals surface area contributed by atoms with E-state index in [-0.39, 0.29) is 0 Å². The fourth-order valence-electron chi connectivity index (χ4n) is 4.01. The Kier molecular flexibility index (Phi) is 3.19. The maximum absolute atomic E-state index is 6.14. The molecule has 1 heteroatoms. The van der Waals surface area contributed by atoms with Gasteiger partial charge in [0, 0.05) is 12.0 Å². The molecule has 0 heterocycles. The molecule has 1 fully saturated rings. The lowest BCUT2D eigenvalue weighted by atomic mass is 9.69. The number of fused-ring (bicyclic) bond motifs is 1. The van der Waals surface area contributed by atoms with Crippen LogP contribution in [0.4, 0.5) is 0 Å². The van der Waals surface area contributed by atoms with Gasteiger partial charge in [0.15, 0.2) is 0 Å². The van der Waals surface area contributed by atoms with Crippen LogP contribution in [-0.4, -0.2) is 6.54 Å². The van der Waals surface area contributed by atoms with Crippen molar-refractivity contribution >= 4 is 0 Å². The van der Waals surface area contributed by atoms with Crippen molar-refractivity contribution in [3.63, 3.8) is 0 Å². The molecule has 18 heavy (non-hydrogen) atoms. The first kappa shape index (κ1) is 12.2. The van der Waals surface area contributed by atoms with Gasteiger partial charge in [0.1, 0.15) is 0 Å². The predicted molar refractivity (Wildman–Crippen MR) is 76.8 cm³/mol. The molecule has 0 saturated heterocycles. The summed E-state index contributed by atoms with van der Waals surface area (Å²) in [5, 5.41) is 0. The van der Waals surface area contributed by atoms with Crippen molar-refractivity contribution in [2.45, 2.75) is 57.3 Å². The minimum atomic E-state index is 0.291. The Morgan fingerprint density at radius 2 is 1.83 bits per heavy atom. The van der Waals surface area contributed by atoms with Crippen molar-refractivity contribution in [2.75, 3.05) is 6.54 Å². The van der Waals surface area contributed by atoms with E-state index in [1.807, 2.05) is 0 Å². The molecule has 3 rings (SSSR count). The molecular formula is C17H25N. The highest BCUT2D eigenvalue weighted by molar-refractivity contribution is 5.39. The molecule has 1 aromatic carbocycles. The second kappa shape index (κ2) is 4.70. The average molecular weight is 243 g/mol. The Morgan fingerprint density at radius 1 is 1.11 bits per heavy atom. The van der Waals surface area contributed by atoms with Crippen molar-refractivity contribution in [1.29, 1.82) is 0 Å². The Balaban J connectivity index is 1.94. The highest BCUT2D eigenvalue weighted by Crippen LogP contribution is 2.40. The molecule has 2 aliphatic rings. The third-order valence-corrected chi connectivity index (χ3v) is 5.16. The molecular weight excluding hydrogens is 218 g/mol. The van der Waals surface area contributed by atoms with Gasteiger partial charge in [-0.05, 0) is 48.3 Å². The molecule has 0 spiro atoms. The number of rotatable bonds is 2. The first-order valence-corrected chi connectivity index (χ1v) is 7.56. The summed E-state index contributed by atoms with van der Waals surface area (Å²) in [6.07, 6.45) is 9.21. The van der Waals surface area contributed by atoms with E-state index >= 15 is 0 Å². The van der Waals surface area contributed by atoms with E-state index in [4.69, 9.17) is 5.73 Å². The zero-order valence-corrected chi connectivity index (χ0v) is 11.5. The molecule has 0 aliphatic heterocycles. The fraction of sp³-hybridized carbons (Fsp3) is 0.647. The molecule has 98 valence electrons. The van der Waals surface area contributed by atoms with Gasteiger partial charge in [-0.3, -0.25) is 0 Å². The van der Waals surface area contributed by atoms with Crippen LogP contribution in [0.2, 0.25) is 0 Å². The third-order valence-electron chi connectivity index (χ3n) is 5.16. The summed E-state index contributed by atoms with van der Waals surface area (Å²) < 4.78 is 0. The Labute approximate surface area is 111 Å². The molecule has 0 aromatic heterocycles. The minimum Gasteiger partial charge on any atom is -0.330 e. The molecule has 1 nitrogen and oxygen atoms in total. The summed E-state index contributed by atoms with van der Waals surface area (Å²) in [5.41, 5.74) is 11.1. The van der Waals surface area contributed by atoms with Gasteiger partial charge in [-0.2, -0.15) is 0 Å². The van der Waals surface area contributed by atoms with Gasteiger partial charge in [-0.25, -0.2) is 0 Å². The number of nitrogens with two attached hydrogens (primary N) is 1. The summed E-state index contributed by atoms with van der Waals surface area (Å²) in [6.45, 7) is 3.18. The summed E-state index contributed by atoms with van der Waals surface area (Å²) in [6, 6.07) is 7.23. The van der Waals surface area contributed by atoms with Gasteiger partial charge in [0.2, 0.25) is 0 Å². The normalized spacial score (nSPS) is 26.0. The maximum Gasteiger partial charge on any atom is 0.00756 e. The molecule has 1 unspecified atom stereocenters. The number of benzene rings is 1. The summed E-state index contributed by atoms with van der Waals surface area (Å²) >= 11 is 0. The topological polar surface area (TPSA) is 26.0 Å². The van der Waals surface area contributed by atoms with Gasteiger partial charge in [0.05, 0.1) is 0 Å². The van der Waals surface area contributed by atoms with Crippen LogP contribution in [0.25, 0.3) is 0 Å². The van der Waals surface area contributed by atoms with E-state index in [0.717, 1.165) is 12.5 Å². The zero-order chi connectivity index (χ0) is 12.6. The van der Waals surface area contributed by atoms with E-state index < -0.39 is 0 Å². The van der Waals surface area contributed by atoms with Crippen LogP contribution >= 0.6 is 0 Å². The van der Waals surface area contributed by atoms with Crippen LogP contribution in [-0.2, 0) is 18.3 Å². The first-order valence-electron chi connectivity index (χ1n) is 7.56. The third kappa shape index (κ3) is 1.99. The van der Waals surface area contributed by atoms with Crippen molar-refractivity contribution < 1.29 is 0 Å². The molecule has 0 amide bonds. The van der Waals surface area contributed by atoms with Crippen molar-refractivity contribution in [3.05, 3.63) is 34.9 Å². The first-order chi connectivity index (χ1) is 8.73. The van der Waals surface area contributed by atoms with Crippen LogP contribution in [0, 0.1) is 5.92 Å². The monoisotopic (exact) mass is 243 g/mol. The average Bonchev–Trinajstić information content (AvgIpc) is 2.78. The molecule has 0 bridgehead atoms. The zero-order valence-electron chi connectivity index (χ0n) is 11.5. The number of hydrogen-bond donors (Lipinski definition) is 1. The lowest BCUT2D eigenvalue weighted by Gasteiger charge is -2.37. The smallest absolute Gasteiger partial charge is 0.00756 e. The minimum absolute atomic E-state index is 0.291. The van der Waals surface area contributed by atoms with Crippen molar-refractivity contribution in [3.8, 4) is 0 Å². The van der Waals surface area contributed by atoms with E-state index in [1.165, 1.54) is 50.5 Å². The quantitative estimate of drug-likeness (QED) is 0.844. The van der Waals surface area contributed by atoms with E-state index in [1.54, 1.807) is 11.1 Å². The summed E-state index contributed by atoms with van der Waals surface area (Å²) in [7, 11) is 0.